The molecule has 1 unspecified atom stereocenters. The highest BCUT2D eigenvalue weighted by Crippen LogP contribution is 2.43. The summed E-state index contributed by atoms with van der Waals surface area (Å²) in [6.45, 7) is 0.711. The molecule has 0 saturated heterocycles. The van der Waals surface area contributed by atoms with Gasteiger partial charge in [0.05, 0.1) is 6.04 Å². The van der Waals surface area contributed by atoms with Crippen LogP contribution in [0.1, 0.15) is 31.2 Å². The predicted molar refractivity (Wildman–Crippen MR) is 86.0 cm³/mol. The molecule has 0 aromatic heterocycles. The first-order valence-electron chi connectivity index (χ1n) is 7.26. The highest BCUT2D eigenvalue weighted by molar-refractivity contribution is 7.98. The number of nitrogens with one attached hydrogen (secondary N) is 1. The average molecular weight is 292 g/mol. The summed E-state index contributed by atoms with van der Waals surface area (Å²) in [5.41, 5.74) is 7.38. The van der Waals surface area contributed by atoms with E-state index in [0.29, 0.717) is 6.54 Å². The number of carbonyl (C=O) groups is 1. The Morgan fingerprint density at radius 3 is 2.65 bits per heavy atom. The Morgan fingerprint density at radius 1 is 1.40 bits per heavy atom. The third-order valence-corrected chi connectivity index (χ3v) is 4.91. The second kappa shape index (κ2) is 7.14. The smallest absolute Gasteiger partial charge is 0.236 e. The number of nitrogens with two attached hydrogens (primary N) is 1. The van der Waals surface area contributed by atoms with E-state index in [4.69, 9.17) is 5.73 Å². The molecule has 1 aliphatic rings. The minimum Gasteiger partial charge on any atom is -0.354 e. The number of hydrogen-bond donors (Lipinski definition) is 2. The van der Waals surface area contributed by atoms with E-state index in [2.05, 4.69) is 29.6 Å². The van der Waals surface area contributed by atoms with Crippen LogP contribution in [-0.2, 0) is 10.2 Å². The van der Waals surface area contributed by atoms with E-state index in [1.165, 1.54) is 12.0 Å². The van der Waals surface area contributed by atoms with Gasteiger partial charge in [0.1, 0.15) is 0 Å². The SMILES string of the molecule is CSCCC(N)C(=O)NCC1(c2ccccc2)CCC1. The van der Waals surface area contributed by atoms with Gasteiger partial charge in [-0.1, -0.05) is 36.8 Å². The molecule has 1 atom stereocenters. The number of benzene rings is 1. The Bertz CT molecular complexity index is 431. The summed E-state index contributed by atoms with van der Waals surface area (Å²) in [7, 11) is 0. The first-order valence-corrected chi connectivity index (χ1v) is 8.65. The summed E-state index contributed by atoms with van der Waals surface area (Å²) in [6.07, 6.45) is 6.31. The van der Waals surface area contributed by atoms with E-state index in [1.807, 2.05) is 12.3 Å². The van der Waals surface area contributed by atoms with Crippen molar-refractivity contribution in [3.63, 3.8) is 0 Å². The minimum atomic E-state index is -0.379. The zero-order valence-corrected chi connectivity index (χ0v) is 12.9. The molecule has 0 spiro atoms. The number of amides is 1. The number of hydrogen-bond acceptors (Lipinski definition) is 3. The fourth-order valence-corrected chi connectivity index (χ4v) is 3.22. The summed E-state index contributed by atoms with van der Waals surface area (Å²) < 4.78 is 0. The lowest BCUT2D eigenvalue weighted by atomic mass is 9.64. The quantitative estimate of drug-likeness (QED) is 0.811. The van der Waals surface area contributed by atoms with Gasteiger partial charge in [-0.25, -0.2) is 0 Å². The lowest BCUT2D eigenvalue weighted by Gasteiger charge is -2.42. The Hall–Kier alpha value is -1.00. The normalized spacial score (nSPS) is 18.1. The molecule has 110 valence electrons. The lowest BCUT2D eigenvalue weighted by Crippen LogP contribution is -2.49. The monoisotopic (exact) mass is 292 g/mol. The predicted octanol–water partition coefficient (Wildman–Crippen LogP) is 2.30. The fraction of sp³-hybridized carbons (Fsp3) is 0.562. The van der Waals surface area contributed by atoms with Gasteiger partial charge in [-0.05, 0) is 36.8 Å². The van der Waals surface area contributed by atoms with Crippen molar-refractivity contribution in [1.29, 1.82) is 0 Å². The molecule has 1 saturated carbocycles. The molecule has 4 heteroatoms. The van der Waals surface area contributed by atoms with Gasteiger partial charge in [0.2, 0.25) is 5.91 Å². The van der Waals surface area contributed by atoms with E-state index >= 15 is 0 Å². The maximum atomic E-state index is 12.0. The standard InChI is InChI=1S/C16H24N2OS/c1-20-11-8-14(17)15(19)18-12-16(9-5-10-16)13-6-3-2-4-7-13/h2-4,6-7,14H,5,8-12,17H2,1H3,(H,18,19). The van der Waals surface area contributed by atoms with Crippen LogP contribution in [0.4, 0.5) is 0 Å². The van der Waals surface area contributed by atoms with Crippen molar-refractivity contribution >= 4 is 17.7 Å². The number of rotatable bonds is 7. The number of thioether (sulfide) groups is 1. The van der Waals surface area contributed by atoms with Gasteiger partial charge in [-0.15, -0.1) is 0 Å². The Balaban J connectivity index is 1.90. The maximum Gasteiger partial charge on any atom is 0.236 e. The second-order valence-corrected chi connectivity index (χ2v) is 6.59. The van der Waals surface area contributed by atoms with Crippen LogP contribution in [-0.4, -0.2) is 30.5 Å². The topological polar surface area (TPSA) is 55.1 Å². The van der Waals surface area contributed by atoms with E-state index in [0.717, 1.165) is 25.0 Å². The van der Waals surface area contributed by atoms with Crippen LogP contribution in [0.5, 0.6) is 0 Å². The van der Waals surface area contributed by atoms with Crippen molar-refractivity contribution in [1.82, 2.24) is 5.32 Å². The van der Waals surface area contributed by atoms with Gasteiger partial charge in [-0.3, -0.25) is 4.79 Å². The summed E-state index contributed by atoms with van der Waals surface area (Å²) in [6, 6.07) is 10.1. The fourth-order valence-electron chi connectivity index (χ4n) is 2.73. The van der Waals surface area contributed by atoms with E-state index < -0.39 is 0 Å². The van der Waals surface area contributed by atoms with Crippen molar-refractivity contribution < 1.29 is 4.79 Å². The van der Waals surface area contributed by atoms with Gasteiger partial charge in [0.15, 0.2) is 0 Å². The van der Waals surface area contributed by atoms with Crippen molar-refractivity contribution in [2.24, 2.45) is 5.73 Å². The maximum absolute atomic E-state index is 12.0. The Kier molecular flexibility index (Phi) is 5.49. The van der Waals surface area contributed by atoms with Crippen molar-refractivity contribution in [2.45, 2.75) is 37.1 Å². The largest absolute Gasteiger partial charge is 0.354 e. The summed E-state index contributed by atoms with van der Waals surface area (Å²) in [5.74, 6) is 0.916. The molecule has 0 heterocycles. The average Bonchev–Trinajstić information content (AvgIpc) is 2.44. The van der Waals surface area contributed by atoms with Crippen LogP contribution >= 0.6 is 11.8 Å². The highest BCUT2D eigenvalue weighted by atomic mass is 32.2. The molecule has 0 aliphatic heterocycles. The van der Waals surface area contributed by atoms with Gasteiger partial charge >= 0.3 is 0 Å². The van der Waals surface area contributed by atoms with Crippen LogP contribution in [0.3, 0.4) is 0 Å². The zero-order chi connectivity index (χ0) is 14.4. The van der Waals surface area contributed by atoms with Crippen LogP contribution < -0.4 is 11.1 Å². The van der Waals surface area contributed by atoms with Crippen molar-refractivity contribution in [2.75, 3.05) is 18.6 Å². The molecule has 1 aromatic rings. The first kappa shape index (κ1) is 15.4. The van der Waals surface area contributed by atoms with Crippen LogP contribution in [0, 0.1) is 0 Å². The Labute approximate surface area is 125 Å². The van der Waals surface area contributed by atoms with E-state index in [-0.39, 0.29) is 17.4 Å². The number of carbonyl (C=O) groups excluding carboxylic acids is 1. The molecule has 1 fully saturated rings. The molecular formula is C16H24N2OS. The van der Waals surface area contributed by atoms with Gasteiger partial charge in [0.25, 0.3) is 0 Å². The molecular weight excluding hydrogens is 268 g/mol. The third-order valence-electron chi connectivity index (χ3n) is 4.27. The van der Waals surface area contributed by atoms with Crippen LogP contribution in [0.25, 0.3) is 0 Å². The molecule has 3 N–H and O–H groups in total. The Morgan fingerprint density at radius 2 is 2.10 bits per heavy atom. The summed E-state index contributed by atoms with van der Waals surface area (Å²) in [5, 5.41) is 3.06. The lowest BCUT2D eigenvalue weighted by molar-refractivity contribution is -0.122. The van der Waals surface area contributed by atoms with Crippen LogP contribution in [0.15, 0.2) is 30.3 Å². The van der Waals surface area contributed by atoms with Crippen molar-refractivity contribution in [3.05, 3.63) is 35.9 Å². The van der Waals surface area contributed by atoms with E-state index in [9.17, 15) is 4.79 Å². The van der Waals surface area contributed by atoms with E-state index in [1.54, 1.807) is 11.8 Å². The molecule has 2 rings (SSSR count). The molecule has 1 aromatic carbocycles. The van der Waals surface area contributed by atoms with Crippen LogP contribution in [0.2, 0.25) is 0 Å². The molecule has 0 radical (unpaired) electrons. The highest BCUT2D eigenvalue weighted by Gasteiger charge is 2.38. The van der Waals surface area contributed by atoms with Gasteiger partial charge in [-0.2, -0.15) is 11.8 Å². The zero-order valence-electron chi connectivity index (χ0n) is 12.1. The molecule has 0 bridgehead atoms. The summed E-state index contributed by atoms with van der Waals surface area (Å²) in [4.78, 5) is 12.0. The molecule has 1 amide bonds. The molecule has 3 nitrogen and oxygen atoms in total. The first-order chi connectivity index (χ1) is 9.68. The molecule has 1 aliphatic carbocycles. The molecule has 20 heavy (non-hydrogen) atoms. The second-order valence-electron chi connectivity index (χ2n) is 5.61. The minimum absolute atomic E-state index is 0.0127. The summed E-state index contributed by atoms with van der Waals surface area (Å²) >= 11 is 1.72. The van der Waals surface area contributed by atoms with Gasteiger partial charge in [0, 0.05) is 12.0 Å². The third kappa shape index (κ3) is 3.55. The van der Waals surface area contributed by atoms with Gasteiger partial charge < -0.3 is 11.1 Å². The van der Waals surface area contributed by atoms with Crippen molar-refractivity contribution in [3.8, 4) is 0 Å².